The van der Waals surface area contributed by atoms with Crippen molar-refractivity contribution in [1.82, 2.24) is 0 Å². The molecule has 0 unspecified atom stereocenters. The summed E-state index contributed by atoms with van der Waals surface area (Å²) in [6.45, 7) is 3.61. The van der Waals surface area contributed by atoms with E-state index in [2.05, 4.69) is 0 Å². The van der Waals surface area contributed by atoms with Gasteiger partial charge in [-0.2, -0.15) is 5.26 Å². The van der Waals surface area contributed by atoms with E-state index in [-0.39, 0.29) is 17.7 Å². The molecule has 1 rings (SSSR count). The van der Waals surface area contributed by atoms with Crippen molar-refractivity contribution in [3.63, 3.8) is 0 Å². The lowest BCUT2D eigenvalue weighted by Crippen LogP contribution is -2.10. The van der Waals surface area contributed by atoms with Gasteiger partial charge in [0.15, 0.2) is 6.29 Å². The number of aryl methyl sites for hydroxylation is 1. The second kappa shape index (κ2) is 5.08. The molecule has 0 atom stereocenters. The highest BCUT2D eigenvalue weighted by Crippen LogP contribution is 2.16. The Morgan fingerprint density at radius 3 is 2.75 bits per heavy atom. The lowest BCUT2D eigenvalue weighted by Gasteiger charge is -2.08. The summed E-state index contributed by atoms with van der Waals surface area (Å²) in [6, 6.07) is 4.87. The number of carbonyl (C=O) groups is 2. The minimum Gasteiger partial charge on any atom is -0.462 e. The maximum absolute atomic E-state index is 11.6. The minimum atomic E-state index is -0.536. The third kappa shape index (κ3) is 2.26. The van der Waals surface area contributed by atoms with Crippen LogP contribution in [0.2, 0.25) is 0 Å². The van der Waals surface area contributed by atoms with E-state index in [1.807, 2.05) is 6.07 Å². The fourth-order valence-electron chi connectivity index (χ4n) is 1.45. The Labute approximate surface area is 93.5 Å². The summed E-state index contributed by atoms with van der Waals surface area (Å²) in [6.07, 6.45) is 0.556. The van der Waals surface area contributed by atoms with Gasteiger partial charge in [0.05, 0.1) is 23.8 Å². The molecule has 4 heteroatoms. The average Bonchev–Trinajstić information content (AvgIpc) is 2.27. The highest BCUT2D eigenvalue weighted by atomic mass is 16.5. The smallest absolute Gasteiger partial charge is 0.339 e. The van der Waals surface area contributed by atoms with Crippen LogP contribution in [0.25, 0.3) is 0 Å². The molecule has 82 valence electrons. The van der Waals surface area contributed by atoms with Crippen LogP contribution in [0.3, 0.4) is 0 Å². The molecule has 0 fully saturated rings. The van der Waals surface area contributed by atoms with Gasteiger partial charge in [0.2, 0.25) is 0 Å². The molecule has 0 saturated heterocycles. The maximum Gasteiger partial charge on any atom is 0.339 e. The SMILES string of the molecule is CCOC(=O)c1c(C)cc(C#N)cc1C=O. The number of benzene rings is 1. The van der Waals surface area contributed by atoms with Gasteiger partial charge in [-0.3, -0.25) is 4.79 Å². The van der Waals surface area contributed by atoms with E-state index in [1.54, 1.807) is 19.9 Å². The third-order valence-corrected chi connectivity index (χ3v) is 2.10. The number of esters is 1. The van der Waals surface area contributed by atoms with Crippen LogP contribution in [0.5, 0.6) is 0 Å². The zero-order valence-electron chi connectivity index (χ0n) is 9.11. The Balaban J connectivity index is 3.33. The molecule has 0 amide bonds. The van der Waals surface area contributed by atoms with Crippen LogP contribution in [0.4, 0.5) is 0 Å². The molecule has 0 N–H and O–H groups in total. The molecule has 0 aliphatic carbocycles. The predicted molar refractivity (Wildman–Crippen MR) is 57.2 cm³/mol. The number of ether oxygens (including phenoxy) is 1. The first-order chi connectivity index (χ1) is 7.63. The monoisotopic (exact) mass is 217 g/mol. The largest absolute Gasteiger partial charge is 0.462 e. The lowest BCUT2D eigenvalue weighted by atomic mass is 9.99. The van der Waals surface area contributed by atoms with Crippen molar-refractivity contribution in [1.29, 1.82) is 5.26 Å². The van der Waals surface area contributed by atoms with Crippen molar-refractivity contribution in [3.05, 3.63) is 34.4 Å². The van der Waals surface area contributed by atoms with Crippen LogP contribution in [0.1, 0.15) is 38.8 Å². The van der Waals surface area contributed by atoms with E-state index >= 15 is 0 Å². The molecule has 0 heterocycles. The van der Waals surface area contributed by atoms with Gasteiger partial charge in [0, 0.05) is 5.56 Å². The number of nitrogens with zero attached hydrogens (tertiary/aromatic N) is 1. The molecule has 1 aromatic carbocycles. The molecule has 0 aromatic heterocycles. The highest BCUT2D eigenvalue weighted by molar-refractivity contribution is 5.99. The Hall–Kier alpha value is -2.15. The van der Waals surface area contributed by atoms with Crippen molar-refractivity contribution in [2.75, 3.05) is 6.61 Å². The predicted octanol–water partition coefficient (Wildman–Crippen LogP) is 1.86. The summed E-state index contributed by atoms with van der Waals surface area (Å²) >= 11 is 0. The maximum atomic E-state index is 11.6. The Kier molecular flexibility index (Phi) is 3.78. The topological polar surface area (TPSA) is 67.2 Å². The van der Waals surface area contributed by atoms with Gasteiger partial charge in [0.25, 0.3) is 0 Å². The average molecular weight is 217 g/mol. The number of carbonyl (C=O) groups excluding carboxylic acids is 2. The van der Waals surface area contributed by atoms with Crippen molar-refractivity contribution >= 4 is 12.3 Å². The van der Waals surface area contributed by atoms with Gasteiger partial charge < -0.3 is 4.74 Å². The zero-order valence-corrected chi connectivity index (χ0v) is 9.11. The summed E-state index contributed by atoms with van der Waals surface area (Å²) < 4.78 is 4.84. The fraction of sp³-hybridized carbons (Fsp3) is 0.250. The van der Waals surface area contributed by atoms with Gasteiger partial charge in [-0.05, 0) is 31.5 Å². The quantitative estimate of drug-likeness (QED) is 0.572. The molecular weight excluding hydrogens is 206 g/mol. The van der Waals surface area contributed by atoms with Crippen LogP contribution in [0.15, 0.2) is 12.1 Å². The zero-order chi connectivity index (χ0) is 12.1. The molecule has 16 heavy (non-hydrogen) atoms. The van der Waals surface area contributed by atoms with Gasteiger partial charge in [-0.25, -0.2) is 4.79 Å². The first kappa shape index (κ1) is 11.9. The summed E-state index contributed by atoms with van der Waals surface area (Å²) in [4.78, 5) is 22.4. The summed E-state index contributed by atoms with van der Waals surface area (Å²) in [5.74, 6) is -0.536. The summed E-state index contributed by atoms with van der Waals surface area (Å²) in [7, 11) is 0. The standard InChI is InChI=1S/C12H11NO3/c1-3-16-12(15)11-8(2)4-9(6-13)5-10(11)7-14/h4-5,7H,3H2,1-2H3. The van der Waals surface area contributed by atoms with E-state index in [9.17, 15) is 9.59 Å². The molecule has 0 saturated carbocycles. The second-order valence-electron chi connectivity index (χ2n) is 3.21. The number of aldehydes is 1. The van der Waals surface area contributed by atoms with E-state index in [0.29, 0.717) is 17.4 Å². The first-order valence-electron chi connectivity index (χ1n) is 4.81. The Bertz CT molecular complexity index is 472. The van der Waals surface area contributed by atoms with Crippen LogP contribution >= 0.6 is 0 Å². The molecule has 0 spiro atoms. The number of hydrogen-bond acceptors (Lipinski definition) is 4. The number of nitriles is 1. The van der Waals surface area contributed by atoms with Gasteiger partial charge in [-0.1, -0.05) is 0 Å². The van der Waals surface area contributed by atoms with Gasteiger partial charge in [-0.15, -0.1) is 0 Å². The van der Waals surface area contributed by atoms with Crippen molar-refractivity contribution < 1.29 is 14.3 Å². The Morgan fingerprint density at radius 2 is 2.25 bits per heavy atom. The van der Waals surface area contributed by atoms with Gasteiger partial charge >= 0.3 is 5.97 Å². The summed E-state index contributed by atoms with van der Waals surface area (Å²) in [5, 5.41) is 8.73. The van der Waals surface area contributed by atoms with Crippen LogP contribution < -0.4 is 0 Å². The van der Waals surface area contributed by atoms with Crippen LogP contribution in [-0.4, -0.2) is 18.9 Å². The molecule has 0 aliphatic rings. The molecule has 0 bridgehead atoms. The normalized spacial score (nSPS) is 9.31. The second-order valence-corrected chi connectivity index (χ2v) is 3.21. The molecule has 4 nitrogen and oxygen atoms in total. The Morgan fingerprint density at radius 1 is 1.56 bits per heavy atom. The molecule has 0 aliphatic heterocycles. The lowest BCUT2D eigenvalue weighted by molar-refractivity contribution is 0.0523. The van der Waals surface area contributed by atoms with Crippen LogP contribution in [0, 0.1) is 18.3 Å². The minimum absolute atomic E-state index is 0.190. The van der Waals surface area contributed by atoms with Crippen molar-refractivity contribution in [2.24, 2.45) is 0 Å². The molecular formula is C12H11NO3. The van der Waals surface area contributed by atoms with E-state index in [0.717, 1.165) is 0 Å². The first-order valence-corrected chi connectivity index (χ1v) is 4.81. The number of rotatable bonds is 3. The third-order valence-electron chi connectivity index (χ3n) is 2.10. The number of hydrogen-bond donors (Lipinski definition) is 0. The van der Waals surface area contributed by atoms with Crippen molar-refractivity contribution in [3.8, 4) is 6.07 Å². The molecule has 1 aromatic rings. The molecule has 0 radical (unpaired) electrons. The van der Waals surface area contributed by atoms with E-state index in [1.165, 1.54) is 6.07 Å². The fourth-order valence-corrected chi connectivity index (χ4v) is 1.45. The van der Waals surface area contributed by atoms with Gasteiger partial charge in [0.1, 0.15) is 0 Å². The highest BCUT2D eigenvalue weighted by Gasteiger charge is 2.16. The van der Waals surface area contributed by atoms with Crippen molar-refractivity contribution in [2.45, 2.75) is 13.8 Å². The summed E-state index contributed by atoms with van der Waals surface area (Å²) in [5.41, 5.74) is 1.35. The van der Waals surface area contributed by atoms with Crippen LogP contribution in [-0.2, 0) is 4.74 Å². The van der Waals surface area contributed by atoms with E-state index in [4.69, 9.17) is 10.00 Å². The van der Waals surface area contributed by atoms with E-state index < -0.39 is 5.97 Å².